The maximum absolute atomic E-state index is 11.4. The highest BCUT2D eigenvalue weighted by molar-refractivity contribution is 5.87. The summed E-state index contributed by atoms with van der Waals surface area (Å²) in [6, 6.07) is 18.6. The average molecular weight is 451 g/mol. The number of aromatic carboxylic acids is 1. The second-order valence-electron chi connectivity index (χ2n) is 13.4. The largest absolute Gasteiger partial charge is 0.478 e. The molecule has 0 amide bonds. The van der Waals surface area contributed by atoms with E-state index in [0.29, 0.717) is 17.4 Å². The van der Waals surface area contributed by atoms with Crippen molar-refractivity contribution in [1.29, 1.82) is 0 Å². The van der Waals surface area contributed by atoms with E-state index in [1.165, 1.54) is 11.1 Å². The molecule has 0 aliphatic carbocycles. The Hall–Kier alpha value is -2.09. The van der Waals surface area contributed by atoms with E-state index in [0.717, 1.165) is 12.8 Å². The molecule has 2 aromatic rings. The number of carboxylic acids is 1. The summed E-state index contributed by atoms with van der Waals surface area (Å²) in [4.78, 5) is 11.4. The fourth-order valence-electron chi connectivity index (χ4n) is 5.11. The van der Waals surface area contributed by atoms with E-state index in [1.54, 1.807) is 12.1 Å². The number of rotatable bonds is 8. The first kappa shape index (κ1) is 27.2. The van der Waals surface area contributed by atoms with Gasteiger partial charge in [0, 0.05) is 0 Å². The van der Waals surface area contributed by atoms with Crippen LogP contribution in [0.3, 0.4) is 0 Å². The molecule has 0 bridgehead atoms. The maximum atomic E-state index is 11.4. The number of hydrogen-bond acceptors (Lipinski definition) is 1. The van der Waals surface area contributed by atoms with Crippen molar-refractivity contribution in [3.05, 3.63) is 71.3 Å². The Bertz CT molecular complexity index is 906. The van der Waals surface area contributed by atoms with Crippen molar-refractivity contribution in [2.24, 2.45) is 21.7 Å². The van der Waals surface area contributed by atoms with Crippen molar-refractivity contribution in [2.45, 2.75) is 93.9 Å². The molecule has 0 fully saturated rings. The van der Waals surface area contributed by atoms with Gasteiger partial charge < -0.3 is 5.11 Å². The summed E-state index contributed by atoms with van der Waals surface area (Å²) in [7, 11) is 0. The van der Waals surface area contributed by atoms with Crippen LogP contribution >= 0.6 is 0 Å². The zero-order valence-corrected chi connectivity index (χ0v) is 22.6. The summed E-state index contributed by atoms with van der Waals surface area (Å²) in [6.45, 7) is 23.7. The van der Waals surface area contributed by atoms with Gasteiger partial charge in [-0.25, -0.2) is 4.79 Å². The summed E-state index contributed by atoms with van der Waals surface area (Å²) >= 11 is 0. The fraction of sp³-hybridized carbons (Fsp3) is 0.581. The van der Waals surface area contributed by atoms with Gasteiger partial charge in [0.05, 0.1) is 5.56 Å². The molecule has 182 valence electrons. The Morgan fingerprint density at radius 2 is 1.18 bits per heavy atom. The van der Waals surface area contributed by atoms with Crippen LogP contribution in [0, 0.1) is 21.7 Å². The van der Waals surface area contributed by atoms with Gasteiger partial charge in [0.25, 0.3) is 0 Å². The molecule has 2 rings (SSSR count). The average Bonchev–Trinajstić information content (AvgIpc) is 2.69. The second kappa shape index (κ2) is 9.65. The minimum Gasteiger partial charge on any atom is -0.478 e. The number of carbonyl (C=O) groups is 1. The van der Waals surface area contributed by atoms with Crippen LogP contribution < -0.4 is 0 Å². The summed E-state index contributed by atoms with van der Waals surface area (Å²) in [5.41, 5.74) is 3.37. The van der Waals surface area contributed by atoms with Crippen molar-refractivity contribution in [1.82, 2.24) is 0 Å². The lowest BCUT2D eigenvalue weighted by molar-refractivity contribution is 0.0305. The monoisotopic (exact) mass is 450 g/mol. The van der Waals surface area contributed by atoms with Gasteiger partial charge in [0.1, 0.15) is 0 Å². The summed E-state index contributed by atoms with van der Waals surface area (Å²) < 4.78 is 0. The van der Waals surface area contributed by atoms with Gasteiger partial charge in [0.15, 0.2) is 0 Å². The lowest BCUT2D eigenvalue weighted by atomic mass is 9.53. The Morgan fingerprint density at radius 1 is 0.697 bits per heavy atom. The van der Waals surface area contributed by atoms with Crippen LogP contribution in [-0.4, -0.2) is 11.1 Å². The third-order valence-electron chi connectivity index (χ3n) is 7.95. The molecule has 0 saturated carbocycles. The van der Waals surface area contributed by atoms with E-state index < -0.39 is 5.97 Å². The SMILES string of the molecule is CC(C)(C)CC(c1ccccc1)C(C)(C)C(C)(C)CC(c1ccc(C(=O)O)cc1)C(C)(C)C. The maximum Gasteiger partial charge on any atom is 0.335 e. The first-order chi connectivity index (χ1) is 15.0. The summed E-state index contributed by atoms with van der Waals surface area (Å²) in [5, 5.41) is 9.33. The predicted octanol–water partition coefficient (Wildman–Crippen LogP) is 9.18. The fourth-order valence-corrected chi connectivity index (χ4v) is 5.11. The van der Waals surface area contributed by atoms with Gasteiger partial charge in [-0.3, -0.25) is 0 Å². The van der Waals surface area contributed by atoms with Gasteiger partial charge in [-0.2, -0.15) is 0 Å². The molecule has 0 heterocycles. The third kappa shape index (κ3) is 6.71. The van der Waals surface area contributed by atoms with E-state index in [-0.39, 0.29) is 21.7 Å². The molecule has 0 saturated heterocycles. The topological polar surface area (TPSA) is 37.3 Å². The van der Waals surface area contributed by atoms with Crippen molar-refractivity contribution >= 4 is 5.97 Å². The van der Waals surface area contributed by atoms with Crippen molar-refractivity contribution in [3.8, 4) is 0 Å². The Morgan fingerprint density at radius 3 is 1.61 bits per heavy atom. The molecular formula is C31H46O2. The molecule has 0 aliphatic heterocycles. The highest BCUT2D eigenvalue weighted by Crippen LogP contribution is 2.57. The zero-order chi connectivity index (χ0) is 25.2. The quantitative estimate of drug-likeness (QED) is 0.435. The van der Waals surface area contributed by atoms with Crippen molar-refractivity contribution in [3.63, 3.8) is 0 Å². The first-order valence-electron chi connectivity index (χ1n) is 12.3. The summed E-state index contributed by atoms with van der Waals surface area (Å²) in [6.07, 6.45) is 2.16. The lowest BCUT2D eigenvalue weighted by Crippen LogP contribution is -2.41. The van der Waals surface area contributed by atoms with Crippen LogP contribution in [0.2, 0.25) is 0 Å². The van der Waals surface area contributed by atoms with Gasteiger partial charge in [-0.05, 0) is 69.6 Å². The Kier molecular flexibility index (Phi) is 7.94. The molecule has 0 spiro atoms. The number of benzene rings is 2. The van der Waals surface area contributed by atoms with Crippen LogP contribution in [-0.2, 0) is 0 Å². The van der Waals surface area contributed by atoms with Gasteiger partial charge >= 0.3 is 5.97 Å². The van der Waals surface area contributed by atoms with Crippen LogP contribution in [0.4, 0.5) is 0 Å². The van der Waals surface area contributed by atoms with Crippen LogP contribution in [0.25, 0.3) is 0 Å². The highest BCUT2D eigenvalue weighted by atomic mass is 16.4. The van der Waals surface area contributed by atoms with E-state index in [1.807, 2.05) is 12.1 Å². The van der Waals surface area contributed by atoms with Crippen molar-refractivity contribution < 1.29 is 9.90 Å². The second-order valence-corrected chi connectivity index (χ2v) is 13.4. The van der Waals surface area contributed by atoms with Crippen LogP contribution in [0.5, 0.6) is 0 Å². The van der Waals surface area contributed by atoms with E-state index >= 15 is 0 Å². The smallest absolute Gasteiger partial charge is 0.335 e. The predicted molar refractivity (Wildman–Crippen MR) is 141 cm³/mol. The molecule has 2 nitrogen and oxygen atoms in total. The molecule has 0 radical (unpaired) electrons. The molecule has 2 atom stereocenters. The minimum atomic E-state index is -0.872. The normalized spacial score (nSPS) is 15.2. The van der Waals surface area contributed by atoms with Gasteiger partial charge in [-0.1, -0.05) is 112 Å². The van der Waals surface area contributed by atoms with Crippen LogP contribution in [0.1, 0.15) is 115 Å². The Balaban J connectivity index is 2.48. The third-order valence-corrected chi connectivity index (χ3v) is 7.95. The number of carboxylic acid groups (broad SMARTS) is 1. The lowest BCUT2D eigenvalue weighted by Gasteiger charge is -2.51. The molecule has 0 aliphatic rings. The van der Waals surface area contributed by atoms with Gasteiger partial charge in [0.2, 0.25) is 0 Å². The van der Waals surface area contributed by atoms with E-state index in [2.05, 4.69) is 99.6 Å². The summed E-state index contributed by atoms with van der Waals surface area (Å²) in [5.74, 6) is -0.118. The van der Waals surface area contributed by atoms with Crippen molar-refractivity contribution in [2.75, 3.05) is 0 Å². The van der Waals surface area contributed by atoms with Gasteiger partial charge in [-0.15, -0.1) is 0 Å². The Labute approximate surface area is 202 Å². The zero-order valence-electron chi connectivity index (χ0n) is 22.6. The molecule has 2 aromatic carbocycles. The molecule has 33 heavy (non-hydrogen) atoms. The molecular weight excluding hydrogens is 404 g/mol. The molecule has 2 heteroatoms. The number of hydrogen-bond donors (Lipinski definition) is 1. The molecule has 0 aromatic heterocycles. The first-order valence-corrected chi connectivity index (χ1v) is 12.3. The minimum absolute atomic E-state index is 0.0438. The standard InChI is InChI=1S/C31H46O2/c1-28(2,3)20-26(22-14-12-11-13-15-22)31(9,10)30(7,8)21-25(29(4,5)6)23-16-18-24(19-17-23)27(32)33/h11-19,25-26H,20-21H2,1-10H3,(H,32,33). The molecule has 2 unspecified atom stereocenters. The van der Waals surface area contributed by atoms with E-state index in [9.17, 15) is 9.90 Å². The van der Waals surface area contributed by atoms with E-state index in [4.69, 9.17) is 0 Å². The van der Waals surface area contributed by atoms with Crippen LogP contribution in [0.15, 0.2) is 54.6 Å². The highest BCUT2D eigenvalue weighted by Gasteiger charge is 2.47. The molecule has 1 N–H and O–H groups in total.